The zero-order valence-electron chi connectivity index (χ0n) is 11.7. The Labute approximate surface area is 132 Å². The molecule has 5 nitrogen and oxygen atoms in total. The zero-order valence-corrected chi connectivity index (χ0v) is 12.4. The topological polar surface area (TPSA) is 70.8 Å². The Morgan fingerprint density at radius 2 is 2.00 bits per heavy atom. The number of carboxylic acids is 1. The Morgan fingerprint density at radius 1 is 1.23 bits per heavy atom. The van der Waals surface area contributed by atoms with Gasteiger partial charge in [0.2, 0.25) is 0 Å². The lowest BCUT2D eigenvalue weighted by Gasteiger charge is -2.19. The van der Waals surface area contributed by atoms with Gasteiger partial charge in [0.1, 0.15) is 11.8 Å². The van der Waals surface area contributed by atoms with E-state index < -0.39 is 17.9 Å². The van der Waals surface area contributed by atoms with Gasteiger partial charge < -0.3 is 14.4 Å². The second-order valence-corrected chi connectivity index (χ2v) is 5.55. The molecule has 22 heavy (non-hydrogen) atoms. The first kappa shape index (κ1) is 14.7. The van der Waals surface area contributed by atoms with E-state index in [9.17, 15) is 9.59 Å². The van der Waals surface area contributed by atoms with Crippen LogP contribution in [-0.2, 0) is 4.79 Å². The van der Waals surface area contributed by atoms with Crippen LogP contribution in [0.3, 0.4) is 0 Å². The number of aliphatic carboxylic acids is 1. The molecule has 2 aromatic rings. The molecule has 1 fully saturated rings. The fourth-order valence-corrected chi connectivity index (χ4v) is 2.90. The number of nitrogens with zero attached hydrogens (tertiary/aromatic N) is 1. The minimum Gasteiger partial charge on any atom is -0.480 e. The number of benzene rings is 1. The zero-order chi connectivity index (χ0) is 15.7. The van der Waals surface area contributed by atoms with Gasteiger partial charge in [-0.25, -0.2) is 4.79 Å². The summed E-state index contributed by atoms with van der Waals surface area (Å²) in [5.74, 6) is -0.768. The average Bonchev–Trinajstić information content (AvgIpc) is 3.16. The van der Waals surface area contributed by atoms with Crippen LogP contribution in [0.4, 0.5) is 0 Å². The van der Waals surface area contributed by atoms with E-state index in [1.165, 1.54) is 4.90 Å². The number of hydrogen-bond donors (Lipinski definition) is 1. The van der Waals surface area contributed by atoms with Crippen LogP contribution in [0.2, 0.25) is 5.02 Å². The first-order valence-corrected chi connectivity index (χ1v) is 7.34. The molecular weight excluding hydrogens is 306 g/mol. The van der Waals surface area contributed by atoms with Gasteiger partial charge in [-0.15, -0.1) is 0 Å². The summed E-state index contributed by atoms with van der Waals surface area (Å²) < 4.78 is 5.58. The number of likely N-dealkylation sites (tertiary alicyclic amines) is 1. The van der Waals surface area contributed by atoms with Crippen LogP contribution in [0.5, 0.6) is 0 Å². The highest BCUT2D eigenvalue weighted by molar-refractivity contribution is 6.33. The number of hydrogen-bond acceptors (Lipinski definition) is 3. The van der Waals surface area contributed by atoms with Crippen LogP contribution in [0.25, 0.3) is 11.3 Å². The number of rotatable bonds is 3. The second kappa shape index (κ2) is 5.85. The lowest BCUT2D eigenvalue weighted by atomic mass is 10.2. The summed E-state index contributed by atoms with van der Waals surface area (Å²) in [4.78, 5) is 24.9. The van der Waals surface area contributed by atoms with Crippen molar-refractivity contribution in [2.45, 2.75) is 18.9 Å². The largest absolute Gasteiger partial charge is 0.480 e. The molecular formula is C16H14ClNO4. The molecule has 1 aliphatic heterocycles. The predicted octanol–water partition coefficient (Wildman–Crippen LogP) is 3.29. The first-order chi connectivity index (χ1) is 10.6. The van der Waals surface area contributed by atoms with Crippen molar-refractivity contribution in [3.63, 3.8) is 0 Å². The van der Waals surface area contributed by atoms with Gasteiger partial charge in [0.15, 0.2) is 5.76 Å². The summed E-state index contributed by atoms with van der Waals surface area (Å²) in [5, 5.41) is 9.69. The highest BCUT2D eigenvalue weighted by Crippen LogP contribution is 2.30. The van der Waals surface area contributed by atoms with E-state index >= 15 is 0 Å². The number of carboxylic acid groups (broad SMARTS) is 1. The maximum atomic E-state index is 12.4. The van der Waals surface area contributed by atoms with Crippen LogP contribution in [-0.4, -0.2) is 34.5 Å². The van der Waals surface area contributed by atoms with Crippen molar-refractivity contribution >= 4 is 23.5 Å². The monoisotopic (exact) mass is 319 g/mol. The molecule has 1 atom stereocenters. The van der Waals surface area contributed by atoms with Gasteiger partial charge in [0.25, 0.3) is 5.91 Å². The molecule has 0 radical (unpaired) electrons. The van der Waals surface area contributed by atoms with Crippen LogP contribution in [0, 0.1) is 0 Å². The number of furan rings is 1. The van der Waals surface area contributed by atoms with E-state index in [0.717, 1.165) is 0 Å². The van der Waals surface area contributed by atoms with Gasteiger partial charge in [-0.3, -0.25) is 4.79 Å². The molecule has 1 saturated heterocycles. The van der Waals surface area contributed by atoms with Crippen LogP contribution < -0.4 is 0 Å². The highest BCUT2D eigenvalue weighted by atomic mass is 35.5. The molecule has 1 amide bonds. The summed E-state index contributed by atoms with van der Waals surface area (Å²) in [6, 6.07) is 9.61. The number of carbonyl (C=O) groups is 2. The third kappa shape index (κ3) is 2.60. The molecule has 1 aromatic heterocycles. The Morgan fingerprint density at radius 3 is 2.73 bits per heavy atom. The van der Waals surface area contributed by atoms with E-state index in [4.69, 9.17) is 21.1 Å². The highest BCUT2D eigenvalue weighted by Gasteiger charge is 2.35. The SMILES string of the molecule is O=C(O)C1CCCN1C(=O)c1ccc(-c2ccccc2Cl)o1. The van der Waals surface area contributed by atoms with Crippen molar-refractivity contribution in [2.24, 2.45) is 0 Å². The molecule has 0 saturated carbocycles. The van der Waals surface area contributed by atoms with Gasteiger partial charge in [0, 0.05) is 12.1 Å². The Hall–Kier alpha value is -2.27. The second-order valence-electron chi connectivity index (χ2n) is 5.14. The van der Waals surface area contributed by atoms with Gasteiger partial charge >= 0.3 is 5.97 Å². The fourth-order valence-electron chi connectivity index (χ4n) is 2.67. The van der Waals surface area contributed by atoms with Crippen molar-refractivity contribution in [3.05, 3.63) is 47.2 Å². The molecule has 1 aliphatic rings. The minimum atomic E-state index is -0.983. The maximum absolute atomic E-state index is 12.4. The summed E-state index contributed by atoms with van der Waals surface area (Å²) >= 11 is 6.11. The fraction of sp³-hybridized carbons (Fsp3) is 0.250. The predicted molar refractivity (Wildman–Crippen MR) is 80.8 cm³/mol. The first-order valence-electron chi connectivity index (χ1n) is 6.96. The maximum Gasteiger partial charge on any atom is 0.326 e. The van der Waals surface area contributed by atoms with E-state index in [1.807, 2.05) is 12.1 Å². The van der Waals surface area contributed by atoms with Crippen molar-refractivity contribution in [1.82, 2.24) is 4.90 Å². The van der Waals surface area contributed by atoms with E-state index in [-0.39, 0.29) is 5.76 Å². The molecule has 1 unspecified atom stereocenters. The van der Waals surface area contributed by atoms with Crippen LogP contribution >= 0.6 is 11.6 Å². The van der Waals surface area contributed by atoms with Crippen molar-refractivity contribution in [2.75, 3.05) is 6.54 Å². The normalized spacial score (nSPS) is 17.7. The Balaban J connectivity index is 1.86. The summed E-state index contributed by atoms with van der Waals surface area (Å²) in [7, 11) is 0. The average molecular weight is 320 g/mol. The van der Waals surface area contributed by atoms with Crippen molar-refractivity contribution in [1.29, 1.82) is 0 Å². The van der Waals surface area contributed by atoms with Gasteiger partial charge in [-0.2, -0.15) is 0 Å². The number of carbonyl (C=O) groups excluding carboxylic acids is 1. The standard InChI is InChI=1S/C16H14ClNO4/c17-11-5-2-1-4-10(11)13-7-8-14(22-13)15(19)18-9-3-6-12(18)16(20)21/h1-2,4-5,7-8,12H,3,6,9H2,(H,20,21). The third-order valence-electron chi connectivity index (χ3n) is 3.75. The van der Waals surface area contributed by atoms with E-state index in [1.54, 1.807) is 24.3 Å². The summed E-state index contributed by atoms with van der Waals surface area (Å²) in [5.41, 5.74) is 0.694. The van der Waals surface area contributed by atoms with Crippen molar-refractivity contribution in [3.8, 4) is 11.3 Å². The molecule has 6 heteroatoms. The Bertz CT molecular complexity index is 724. The summed E-state index contributed by atoms with van der Waals surface area (Å²) in [6.07, 6.45) is 1.15. The molecule has 0 aliphatic carbocycles. The summed E-state index contributed by atoms with van der Waals surface area (Å²) in [6.45, 7) is 0.428. The number of halogens is 1. The van der Waals surface area contributed by atoms with Gasteiger partial charge in [0.05, 0.1) is 5.02 Å². The van der Waals surface area contributed by atoms with Crippen molar-refractivity contribution < 1.29 is 19.1 Å². The number of amides is 1. The van der Waals surface area contributed by atoms with Gasteiger partial charge in [-0.05, 0) is 37.1 Å². The quantitative estimate of drug-likeness (QED) is 0.942. The van der Waals surface area contributed by atoms with Gasteiger partial charge in [-0.1, -0.05) is 23.7 Å². The van der Waals surface area contributed by atoms with Crippen LogP contribution in [0.15, 0.2) is 40.8 Å². The van der Waals surface area contributed by atoms with E-state index in [0.29, 0.717) is 35.7 Å². The molecule has 1 aromatic carbocycles. The smallest absolute Gasteiger partial charge is 0.326 e. The molecule has 3 rings (SSSR count). The molecule has 1 N–H and O–H groups in total. The molecule has 2 heterocycles. The molecule has 0 bridgehead atoms. The van der Waals surface area contributed by atoms with Crippen LogP contribution in [0.1, 0.15) is 23.4 Å². The minimum absolute atomic E-state index is 0.128. The molecule has 114 valence electrons. The lowest BCUT2D eigenvalue weighted by molar-refractivity contribution is -0.141. The Kier molecular flexibility index (Phi) is 3.90. The lowest BCUT2D eigenvalue weighted by Crippen LogP contribution is -2.40. The third-order valence-corrected chi connectivity index (χ3v) is 4.08. The van der Waals surface area contributed by atoms with E-state index in [2.05, 4.69) is 0 Å². The molecule has 0 spiro atoms.